The molecule has 0 aromatic heterocycles. The van der Waals surface area contributed by atoms with Crippen LogP contribution in [-0.2, 0) is 20.7 Å². The molecule has 148 valence electrons. The molecule has 5 heteroatoms. The van der Waals surface area contributed by atoms with E-state index in [1.807, 2.05) is 11.0 Å². The van der Waals surface area contributed by atoms with Gasteiger partial charge in [-0.3, -0.25) is 9.69 Å². The van der Waals surface area contributed by atoms with E-state index in [1.54, 1.807) is 0 Å². The molecule has 0 N–H and O–H groups in total. The molecule has 1 aromatic rings. The zero-order valence-corrected chi connectivity index (χ0v) is 16.5. The van der Waals surface area contributed by atoms with Gasteiger partial charge in [-0.2, -0.15) is 0 Å². The van der Waals surface area contributed by atoms with Gasteiger partial charge in [-0.1, -0.05) is 24.3 Å². The van der Waals surface area contributed by atoms with Gasteiger partial charge in [0.15, 0.2) is 0 Å². The van der Waals surface area contributed by atoms with Crippen LogP contribution in [0.5, 0.6) is 0 Å². The molecular weight excluding hydrogens is 340 g/mol. The molecule has 5 nitrogen and oxygen atoms in total. The van der Waals surface area contributed by atoms with Gasteiger partial charge in [-0.25, -0.2) is 0 Å². The van der Waals surface area contributed by atoms with Gasteiger partial charge in [0, 0.05) is 26.1 Å². The Balaban J connectivity index is 1.18. The lowest BCUT2D eigenvalue weighted by Crippen LogP contribution is -2.66. The summed E-state index contributed by atoms with van der Waals surface area (Å²) >= 11 is 0. The van der Waals surface area contributed by atoms with Crippen LogP contribution in [0.15, 0.2) is 24.3 Å². The molecule has 0 bridgehead atoms. The molecule has 1 atom stereocenters. The normalized spacial score (nSPS) is 25.4. The molecule has 4 rings (SSSR count). The fourth-order valence-electron chi connectivity index (χ4n) is 4.58. The average molecular weight is 373 g/mol. The predicted octanol–water partition coefficient (Wildman–Crippen LogP) is 2.27. The van der Waals surface area contributed by atoms with Gasteiger partial charge in [0.1, 0.15) is 5.60 Å². The van der Waals surface area contributed by atoms with Crippen LogP contribution in [0.25, 0.3) is 0 Å². The fraction of sp³-hybridized carbons (Fsp3) is 0.682. The number of benzene rings is 1. The maximum atomic E-state index is 12.5. The maximum Gasteiger partial charge on any atom is 0.223 e. The highest BCUT2D eigenvalue weighted by Crippen LogP contribution is 2.36. The SMILES string of the molecule is Cc1ccccc1CCC(=O)N1CC2(CCC(CN3CCOCC3)CO2)C1. The second kappa shape index (κ2) is 8.29. The first-order chi connectivity index (χ1) is 13.1. The molecule has 3 heterocycles. The Kier molecular flexibility index (Phi) is 5.81. The summed E-state index contributed by atoms with van der Waals surface area (Å²) in [6.07, 6.45) is 3.73. The summed E-state index contributed by atoms with van der Waals surface area (Å²) < 4.78 is 11.7. The highest BCUT2D eigenvalue weighted by Gasteiger charge is 2.48. The summed E-state index contributed by atoms with van der Waals surface area (Å²) in [4.78, 5) is 17.0. The number of ether oxygens (including phenoxy) is 2. The van der Waals surface area contributed by atoms with Crippen LogP contribution >= 0.6 is 0 Å². The third kappa shape index (κ3) is 4.53. The first-order valence-electron chi connectivity index (χ1n) is 10.4. The van der Waals surface area contributed by atoms with E-state index in [0.717, 1.165) is 65.4 Å². The monoisotopic (exact) mass is 372 g/mol. The van der Waals surface area contributed by atoms with Crippen LogP contribution < -0.4 is 0 Å². The smallest absolute Gasteiger partial charge is 0.223 e. The van der Waals surface area contributed by atoms with Crippen LogP contribution in [0.1, 0.15) is 30.4 Å². The minimum absolute atomic E-state index is 0.0557. The van der Waals surface area contributed by atoms with E-state index in [-0.39, 0.29) is 11.5 Å². The van der Waals surface area contributed by atoms with Crippen LogP contribution in [0.4, 0.5) is 0 Å². The van der Waals surface area contributed by atoms with E-state index < -0.39 is 0 Å². The average Bonchev–Trinajstić information content (AvgIpc) is 2.67. The number of amides is 1. The fourth-order valence-corrected chi connectivity index (χ4v) is 4.58. The van der Waals surface area contributed by atoms with Crippen LogP contribution in [-0.4, -0.2) is 73.9 Å². The number of likely N-dealkylation sites (tertiary alicyclic amines) is 1. The van der Waals surface area contributed by atoms with Crippen molar-refractivity contribution in [2.75, 3.05) is 52.5 Å². The third-order valence-corrected chi connectivity index (χ3v) is 6.43. The minimum atomic E-state index is -0.0557. The molecule has 0 saturated carbocycles. The van der Waals surface area contributed by atoms with E-state index in [1.165, 1.54) is 17.5 Å². The Bertz CT molecular complexity index is 641. The Hall–Kier alpha value is -1.43. The van der Waals surface area contributed by atoms with Crippen molar-refractivity contribution in [3.63, 3.8) is 0 Å². The van der Waals surface area contributed by atoms with Crippen molar-refractivity contribution in [3.05, 3.63) is 35.4 Å². The Morgan fingerprint density at radius 2 is 2.00 bits per heavy atom. The summed E-state index contributed by atoms with van der Waals surface area (Å²) in [5.41, 5.74) is 2.49. The first-order valence-corrected chi connectivity index (χ1v) is 10.4. The molecule has 27 heavy (non-hydrogen) atoms. The van der Waals surface area contributed by atoms with Gasteiger partial charge in [0.05, 0.1) is 32.9 Å². The van der Waals surface area contributed by atoms with E-state index in [0.29, 0.717) is 12.3 Å². The number of carbonyl (C=O) groups excluding carboxylic acids is 1. The van der Waals surface area contributed by atoms with Crippen LogP contribution in [0.2, 0.25) is 0 Å². The Morgan fingerprint density at radius 1 is 1.22 bits per heavy atom. The van der Waals surface area contributed by atoms with Crippen molar-refractivity contribution in [2.24, 2.45) is 5.92 Å². The number of rotatable bonds is 5. The van der Waals surface area contributed by atoms with Gasteiger partial charge in [-0.05, 0) is 43.2 Å². The molecule has 3 aliphatic heterocycles. The summed E-state index contributed by atoms with van der Waals surface area (Å²) in [5.74, 6) is 0.891. The third-order valence-electron chi connectivity index (χ3n) is 6.43. The van der Waals surface area contributed by atoms with Gasteiger partial charge in [0.2, 0.25) is 5.91 Å². The molecular formula is C22H32N2O3. The lowest BCUT2D eigenvalue weighted by molar-refractivity contribution is -0.190. The number of hydrogen-bond acceptors (Lipinski definition) is 4. The Morgan fingerprint density at radius 3 is 2.70 bits per heavy atom. The lowest BCUT2D eigenvalue weighted by Gasteiger charge is -2.53. The van der Waals surface area contributed by atoms with Gasteiger partial charge >= 0.3 is 0 Å². The first kappa shape index (κ1) is 18.9. The molecule has 1 amide bonds. The quantitative estimate of drug-likeness (QED) is 0.795. The molecule has 3 saturated heterocycles. The number of hydrogen-bond donors (Lipinski definition) is 0. The summed E-state index contributed by atoms with van der Waals surface area (Å²) in [6, 6.07) is 8.34. The van der Waals surface area contributed by atoms with Gasteiger partial charge in [-0.15, -0.1) is 0 Å². The van der Waals surface area contributed by atoms with Crippen molar-refractivity contribution < 1.29 is 14.3 Å². The maximum absolute atomic E-state index is 12.5. The predicted molar refractivity (Wildman–Crippen MR) is 105 cm³/mol. The molecule has 1 unspecified atom stereocenters. The van der Waals surface area contributed by atoms with Crippen molar-refractivity contribution in [1.82, 2.24) is 9.80 Å². The number of morpholine rings is 1. The van der Waals surface area contributed by atoms with Crippen LogP contribution in [0.3, 0.4) is 0 Å². The van der Waals surface area contributed by atoms with E-state index in [2.05, 4.69) is 30.0 Å². The molecule has 1 spiro atoms. The van der Waals surface area contributed by atoms with E-state index in [4.69, 9.17) is 9.47 Å². The van der Waals surface area contributed by atoms with Crippen LogP contribution in [0, 0.1) is 12.8 Å². The number of aryl methyl sites for hydroxylation is 2. The zero-order chi connectivity index (χ0) is 18.7. The molecule has 3 aliphatic rings. The highest BCUT2D eigenvalue weighted by atomic mass is 16.5. The Labute approximate surface area is 162 Å². The van der Waals surface area contributed by atoms with Crippen molar-refractivity contribution >= 4 is 5.91 Å². The summed E-state index contributed by atoms with van der Waals surface area (Å²) in [6.45, 7) is 9.44. The van der Waals surface area contributed by atoms with Gasteiger partial charge < -0.3 is 14.4 Å². The van der Waals surface area contributed by atoms with Crippen molar-refractivity contribution in [1.29, 1.82) is 0 Å². The topological polar surface area (TPSA) is 42.0 Å². The molecule has 0 aliphatic carbocycles. The summed E-state index contributed by atoms with van der Waals surface area (Å²) in [7, 11) is 0. The highest BCUT2D eigenvalue weighted by molar-refractivity contribution is 5.77. The largest absolute Gasteiger partial charge is 0.379 e. The zero-order valence-electron chi connectivity index (χ0n) is 16.5. The lowest BCUT2D eigenvalue weighted by atomic mass is 9.82. The second-order valence-corrected chi connectivity index (χ2v) is 8.49. The number of nitrogens with zero attached hydrogens (tertiary/aromatic N) is 2. The summed E-state index contributed by atoms with van der Waals surface area (Å²) in [5, 5.41) is 0. The number of carbonyl (C=O) groups is 1. The van der Waals surface area contributed by atoms with Crippen molar-refractivity contribution in [3.8, 4) is 0 Å². The van der Waals surface area contributed by atoms with Crippen molar-refractivity contribution in [2.45, 2.75) is 38.2 Å². The standard InChI is InChI=1S/C22H32N2O3/c1-18-4-2-3-5-20(18)6-7-21(25)24-16-22(17-24)9-8-19(15-27-22)14-23-10-12-26-13-11-23/h2-5,19H,6-17H2,1H3. The second-order valence-electron chi connectivity index (χ2n) is 8.49. The molecule has 3 fully saturated rings. The van der Waals surface area contributed by atoms with E-state index >= 15 is 0 Å². The van der Waals surface area contributed by atoms with E-state index in [9.17, 15) is 4.79 Å². The molecule has 0 radical (unpaired) electrons. The minimum Gasteiger partial charge on any atom is -0.379 e. The van der Waals surface area contributed by atoms with Gasteiger partial charge in [0.25, 0.3) is 0 Å². The molecule has 1 aromatic carbocycles.